The van der Waals surface area contributed by atoms with Crippen molar-refractivity contribution < 1.29 is 9.59 Å². The summed E-state index contributed by atoms with van der Waals surface area (Å²) in [6.07, 6.45) is 4.36. The molecule has 1 atom stereocenters. The number of carbonyl (C=O) groups is 2. The third-order valence-electron chi connectivity index (χ3n) is 3.50. The topological polar surface area (TPSA) is 63.4 Å². The summed E-state index contributed by atoms with van der Waals surface area (Å²) in [6.45, 7) is 0.548. The number of thioether (sulfide) groups is 1. The van der Waals surface area contributed by atoms with Gasteiger partial charge in [0.25, 0.3) is 5.91 Å². The zero-order valence-corrected chi connectivity index (χ0v) is 12.8. The smallest absolute Gasteiger partial charge is 0.256 e. The van der Waals surface area contributed by atoms with Gasteiger partial charge in [0.2, 0.25) is 5.91 Å². The number of hydrogen-bond donors (Lipinski definition) is 1. The second-order valence-electron chi connectivity index (χ2n) is 4.76. The first-order chi connectivity index (χ1) is 9.54. The molecule has 1 heterocycles. The van der Waals surface area contributed by atoms with Gasteiger partial charge in [-0.3, -0.25) is 9.59 Å². The number of likely N-dealkylation sites (tertiary alicyclic amines) is 1. The Bertz CT molecular complexity index is 536. The summed E-state index contributed by atoms with van der Waals surface area (Å²) < 4.78 is 0. The first kappa shape index (κ1) is 15.2. The van der Waals surface area contributed by atoms with Crippen molar-refractivity contribution in [3.63, 3.8) is 0 Å². The van der Waals surface area contributed by atoms with Gasteiger partial charge in [0.1, 0.15) is 6.04 Å². The molecule has 2 amide bonds. The number of hydrogen-bond acceptors (Lipinski definition) is 3. The van der Waals surface area contributed by atoms with Crippen LogP contribution in [-0.2, 0) is 4.79 Å². The molecule has 0 saturated carbocycles. The van der Waals surface area contributed by atoms with E-state index >= 15 is 0 Å². The van der Waals surface area contributed by atoms with E-state index in [0.717, 1.165) is 17.7 Å². The monoisotopic (exact) mass is 312 g/mol. The molecule has 0 aliphatic carbocycles. The Hall–Kier alpha value is -1.20. The third-order valence-corrected chi connectivity index (χ3v) is 4.55. The highest BCUT2D eigenvalue weighted by Gasteiger charge is 2.32. The van der Waals surface area contributed by atoms with E-state index in [9.17, 15) is 9.59 Å². The lowest BCUT2D eigenvalue weighted by molar-refractivity contribution is -0.123. The average Bonchev–Trinajstić information content (AvgIpc) is 2.47. The van der Waals surface area contributed by atoms with E-state index in [-0.39, 0.29) is 5.91 Å². The van der Waals surface area contributed by atoms with Crippen molar-refractivity contribution in [1.29, 1.82) is 0 Å². The van der Waals surface area contributed by atoms with Crippen LogP contribution in [0, 0.1) is 0 Å². The number of primary amides is 1. The quantitative estimate of drug-likeness (QED) is 0.872. The summed E-state index contributed by atoms with van der Waals surface area (Å²) >= 11 is 7.66. The van der Waals surface area contributed by atoms with Crippen molar-refractivity contribution in [1.82, 2.24) is 4.90 Å². The van der Waals surface area contributed by atoms with E-state index in [4.69, 9.17) is 17.3 Å². The predicted molar refractivity (Wildman–Crippen MR) is 81.1 cm³/mol. The summed E-state index contributed by atoms with van der Waals surface area (Å²) in [5.41, 5.74) is 5.83. The average molecular weight is 313 g/mol. The second-order valence-corrected chi connectivity index (χ2v) is 6.05. The highest BCUT2D eigenvalue weighted by atomic mass is 35.5. The van der Waals surface area contributed by atoms with E-state index in [1.807, 2.05) is 12.3 Å². The SMILES string of the molecule is CSc1ccc(Cl)c(C(=O)N2CCCCC2C(N)=O)c1. The van der Waals surface area contributed by atoms with Crippen LogP contribution in [0.15, 0.2) is 23.1 Å². The van der Waals surface area contributed by atoms with Gasteiger partial charge in [-0.15, -0.1) is 11.8 Å². The Morgan fingerprint density at radius 3 is 2.80 bits per heavy atom. The van der Waals surface area contributed by atoms with Crippen molar-refractivity contribution in [2.75, 3.05) is 12.8 Å². The number of benzene rings is 1. The molecule has 2 N–H and O–H groups in total. The highest BCUT2D eigenvalue weighted by molar-refractivity contribution is 7.98. The zero-order chi connectivity index (χ0) is 14.7. The van der Waals surface area contributed by atoms with Crippen LogP contribution in [0.5, 0.6) is 0 Å². The maximum atomic E-state index is 12.6. The summed E-state index contributed by atoms with van der Waals surface area (Å²) in [4.78, 5) is 26.6. The molecule has 1 unspecified atom stereocenters. The molecule has 1 aliphatic rings. The molecular weight excluding hydrogens is 296 g/mol. The Kier molecular flexibility index (Phi) is 4.94. The summed E-state index contributed by atoms with van der Waals surface area (Å²) in [6, 6.07) is 4.82. The van der Waals surface area contributed by atoms with Gasteiger partial charge >= 0.3 is 0 Å². The van der Waals surface area contributed by atoms with Gasteiger partial charge < -0.3 is 10.6 Å². The molecule has 1 fully saturated rings. The fourth-order valence-electron chi connectivity index (χ4n) is 2.42. The van der Waals surface area contributed by atoms with E-state index < -0.39 is 11.9 Å². The van der Waals surface area contributed by atoms with E-state index in [2.05, 4.69) is 0 Å². The van der Waals surface area contributed by atoms with Gasteiger partial charge in [0.15, 0.2) is 0 Å². The van der Waals surface area contributed by atoms with Crippen LogP contribution in [0.2, 0.25) is 5.02 Å². The molecule has 1 aromatic carbocycles. The largest absolute Gasteiger partial charge is 0.368 e. The van der Waals surface area contributed by atoms with Crippen LogP contribution in [0.25, 0.3) is 0 Å². The predicted octanol–water partition coefficient (Wildman–Crippen LogP) is 2.54. The number of amides is 2. The standard InChI is InChI=1S/C14H17ClN2O2S/c1-20-9-5-6-11(15)10(8-9)14(19)17-7-3-2-4-12(17)13(16)18/h5-6,8,12H,2-4,7H2,1H3,(H2,16,18). The number of halogens is 1. The number of rotatable bonds is 3. The van der Waals surface area contributed by atoms with Crippen LogP contribution < -0.4 is 5.73 Å². The normalized spacial score (nSPS) is 18.9. The van der Waals surface area contributed by atoms with Gasteiger partial charge in [-0.25, -0.2) is 0 Å². The van der Waals surface area contributed by atoms with Crippen LogP contribution >= 0.6 is 23.4 Å². The molecule has 0 aromatic heterocycles. The maximum absolute atomic E-state index is 12.6. The van der Waals surface area contributed by atoms with Crippen molar-refractivity contribution in [2.45, 2.75) is 30.2 Å². The minimum Gasteiger partial charge on any atom is -0.368 e. The van der Waals surface area contributed by atoms with Gasteiger partial charge in [-0.2, -0.15) is 0 Å². The Morgan fingerprint density at radius 2 is 2.15 bits per heavy atom. The van der Waals surface area contributed by atoms with Crippen LogP contribution in [0.4, 0.5) is 0 Å². The number of nitrogens with zero attached hydrogens (tertiary/aromatic N) is 1. The minimum atomic E-state index is -0.523. The number of piperidine rings is 1. The van der Waals surface area contributed by atoms with Gasteiger partial charge in [-0.1, -0.05) is 11.6 Å². The molecule has 0 bridgehead atoms. The molecule has 1 aromatic rings. The molecule has 2 rings (SSSR count). The lowest BCUT2D eigenvalue weighted by Crippen LogP contribution is -2.50. The number of nitrogens with two attached hydrogens (primary N) is 1. The van der Waals surface area contributed by atoms with Crippen molar-refractivity contribution in [3.05, 3.63) is 28.8 Å². The van der Waals surface area contributed by atoms with Gasteiger partial charge in [0.05, 0.1) is 10.6 Å². The molecule has 0 spiro atoms. The van der Waals surface area contributed by atoms with Crippen LogP contribution in [0.1, 0.15) is 29.6 Å². The Morgan fingerprint density at radius 1 is 1.40 bits per heavy atom. The lowest BCUT2D eigenvalue weighted by atomic mass is 10.0. The molecule has 0 radical (unpaired) electrons. The molecule has 4 nitrogen and oxygen atoms in total. The maximum Gasteiger partial charge on any atom is 0.256 e. The summed E-state index contributed by atoms with van der Waals surface area (Å²) in [5.74, 6) is -0.662. The molecule has 1 aliphatic heterocycles. The zero-order valence-electron chi connectivity index (χ0n) is 11.3. The highest BCUT2D eigenvalue weighted by Crippen LogP contribution is 2.27. The summed E-state index contributed by atoms with van der Waals surface area (Å²) in [5, 5.41) is 0.404. The van der Waals surface area contributed by atoms with Crippen molar-refractivity contribution in [2.24, 2.45) is 5.73 Å². The van der Waals surface area contributed by atoms with Crippen molar-refractivity contribution >= 4 is 35.2 Å². The van der Waals surface area contributed by atoms with Crippen molar-refractivity contribution in [3.8, 4) is 0 Å². The van der Waals surface area contributed by atoms with E-state index in [1.54, 1.807) is 28.8 Å². The Labute approximate surface area is 127 Å². The molecular formula is C14H17ClN2O2S. The molecule has 20 heavy (non-hydrogen) atoms. The second kappa shape index (κ2) is 6.50. The van der Waals surface area contributed by atoms with E-state index in [1.165, 1.54) is 0 Å². The molecule has 1 saturated heterocycles. The summed E-state index contributed by atoms with van der Waals surface area (Å²) in [7, 11) is 0. The fraction of sp³-hybridized carbons (Fsp3) is 0.429. The third kappa shape index (κ3) is 3.10. The lowest BCUT2D eigenvalue weighted by Gasteiger charge is -2.34. The molecule has 6 heteroatoms. The van der Waals surface area contributed by atoms with E-state index in [0.29, 0.717) is 23.6 Å². The minimum absolute atomic E-state index is 0.214. The molecule has 108 valence electrons. The first-order valence-electron chi connectivity index (χ1n) is 6.48. The number of carbonyl (C=O) groups excluding carboxylic acids is 2. The van der Waals surface area contributed by atoms with Gasteiger partial charge in [-0.05, 0) is 43.7 Å². The Balaban J connectivity index is 2.31. The van der Waals surface area contributed by atoms with Crippen LogP contribution in [-0.4, -0.2) is 35.6 Å². The van der Waals surface area contributed by atoms with Crippen LogP contribution in [0.3, 0.4) is 0 Å². The van der Waals surface area contributed by atoms with Gasteiger partial charge in [0, 0.05) is 11.4 Å². The first-order valence-corrected chi connectivity index (χ1v) is 8.08. The fourth-order valence-corrected chi connectivity index (χ4v) is 3.06.